The Hall–Kier alpha value is -4.13. The Morgan fingerprint density at radius 1 is 1.16 bits per heavy atom. The summed E-state index contributed by atoms with van der Waals surface area (Å²) in [5.74, 6) is -0.556. The van der Waals surface area contributed by atoms with Gasteiger partial charge in [-0.05, 0) is 39.8 Å². The minimum absolute atomic E-state index is 0.0545. The molecule has 0 bridgehead atoms. The van der Waals surface area contributed by atoms with Crippen LogP contribution in [0.25, 0.3) is 11.2 Å². The second kappa shape index (κ2) is 16.7. The summed E-state index contributed by atoms with van der Waals surface area (Å²) in [6.45, 7) is 6.74. The molecule has 1 aliphatic heterocycles. The van der Waals surface area contributed by atoms with Crippen molar-refractivity contribution < 1.29 is 37.6 Å². The van der Waals surface area contributed by atoms with Gasteiger partial charge in [-0.2, -0.15) is 4.98 Å². The molecule has 1 fully saturated rings. The van der Waals surface area contributed by atoms with Crippen LogP contribution >= 0.6 is 19.3 Å². The molecule has 4 N–H and O–H groups in total. The molecular weight excluding hydrogens is 696 g/mol. The molecule has 2 unspecified atom stereocenters. The van der Waals surface area contributed by atoms with Gasteiger partial charge >= 0.3 is 19.2 Å². The Morgan fingerprint density at radius 2 is 1.92 bits per heavy atom. The number of carbonyl (C=O) groups is 1. The number of imidazole rings is 1. The molecular formula is C30H39FN9O8PS. The molecule has 17 nitrogen and oxygen atoms in total. The van der Waals surface area contributed by atoms with Gasteiger partial charge in [0.1, 0.15) is 41.6 Å². The van der Waals surface area contributed by atoms with Crippen molar-refractivity contribution in [3.63, 3.8) is 0 Å². The lowest BCUT2D eigenvalue weighted by molar-refractivity contribution is -0.149. The average molecular weight is 736 g/mol. The lowest BCUT2D eigenvalue weighted by atomic mass is 10.3. The summed E-state index contributed by atoms with van der Waals surface area (Å²) in [6, 6.07) is 7.63. The number of anilines is 2. The maximum Gasteiger partial charge on any atom is 0.351 e. The first-order valence-corrected chi connectivity index (χ1v) is 18.5. The quantitative estimate of drug-likeness (QED) is 0.0698. The normalized spacial score (nSPS) is 18.5. The van der Waals surface area contributed by atoms with Crippen LogP contribution in [0.15, 0.2) is 54.0 Å². The number of hydrogen-bond acceptors (Lipinski definition) is 15. The van der Waals surface area contributed by atoms with Gasteiger partial charge in [-0.1, -0.05) is 18.2 Å². The topological polar surface area (TPSA) is 206 Å². The van der Waals surface area contributed by atoms with Gasteiger partial charge in [-0.15, -0.1) is 11.8 Å². The van der Waals surface area contributed by atoms with Gasteiger partial charge < -0.3 is 39.0 Å². The van der Waals surface area contributed by atoms with Crippen LogP contribution in [0, 0.1) is 5.82 Å². The van der Waals surface area contributed by atoms with E-state index in [0.717, 1.165) is 10.8 Å². The highest BCUT2D eigenvalue weighted by Crippen LogP contribution is 2.44. The van der Waals surface area contributed by atoms with Gasteiger partial charge in [0, 0.05) is 5.75 Å². The molecule has 270 valence electrons. The molecule has 5 rings (SSSR count). The fraction of sp³-hybridized carbons (Fsp3) is 0.467. The zero-order valence-corrected chi connectivity index (χ0v) is 29.5. The van der Waals surface area contributed by atoms with E-state index in [4.69, 9.17) is 18.7 Å². The highest BCUT2D eigenvalue weighted by atomic mass is 32.2. The largest absolute Gasteiger partial charge is 0.462 e. The van der Waals surface area contributed by atoms with E-state index in [1.165, 1.54) is 25.0 Å². The molecule has 50 heavy (non-hydrogen) atoms. The maximum absolute atomic E-state index is 14.8. The van der Waals surface area contributed by atoms with Crippen LogP contribution in [0.2, 0.25) is 0 Å². The molecule has 0 radical (unpaired) electrons. The van der Waals surface area contributed by atoms with E-state index in [2.05, 4.69) is 35.7 Å². The third kappa shape index (κ3) is 9.55. The number of aliphatic hydroxyl groups excluding tert-OH is 1. The Labute approximate surface area is 290 Å². The van der Waals surface area contributed by atoms with Crippen LogP contribution < -0.4 is 25.9 Å². The van der Waals surface area contributed by atoms with Crippen molar-refractivity contribution in [3.8, 4) is 5.75 Å². The number of ether oxygens (including phenoxy) is 3. The molecule has 20 heteroatoms. The number of aliphatic hydroxyl groups is 1. The number of esters is 1. The standard InChI is InChI=1S/C30H39FN9O8PS/c1-18(2)46-29(42)20(4)38-49(44,48-21-8-6-5-7-9-21)17-45-19(3)10-39-16-36-25-27(34-15-35-28(25)39)33-14-32-26-22(31)11-40(30(43)37-26)23-13-50-24(12-41)47-23/h5-9,11,15-16,18-20,23-24,41H,10,12-14,17H2,1-4H3,(H,38,44)(H,32,37,43)(H,33,34,35)/t19-,20+,23?,24+,49?/m1/s1. The number of aromatic nitrogens is 6. The van der Waals surface area contributed by atoms with Gasteiger partial charge in [0.15, 0.2) is 23.1 Å². The minimum atomic E-state index is -3.76. The number of nitrogens with zero attached hydrogens (tertiary/aromatic N) is 6. The number of fused-ring (bicyclic) bond motifs is 1. The SMILES string of the molecule is CC(C)OC(=O)[C@H](C)NP(=O)(CO[C@H](C)Cn1cnc2c(NCNc3nc(=O)n(C4CS[C@@H](CO)O4)cc3F)ncnc21)Oc1ccccc1. The Balaban J connectivity index is 1.20. The molecule has 0 spiro atoms. The predicted octanol–water partition coefficient (Wildman–Crippen LogP) is 3.15. The Morgan fingerprint density at radius 3 is 2.64 bits per heavy atom. The molecule has 0 amide bonds. The summed E-state index contributed by atoms with van der Waals surface area (Å²) in [6.07, 6.45) is 1.95. The van der Waals surface area contributed by atoms with Crippen molar-refractivity contribution in [2.24, 2.45) is 0 Å². The second-order valence-electron chi connectivity index (χ2n) is 11.5. The fourth-order valence-electron chi connectivity index (χ4n) is 4.79. The number of thioether (sulfide) groups is 1. The molecule has 5 atom stereocenters. The number of benzene rings is 1. The molecule has 1 aliphatic rings. The smallest absolute Gasteiger partial charge is 0.351 e. The van der Waals surface area contributed by atoms with E-state index >= 15 is 0 Å². The summed E-state index contributed by atoms with van der Waals surface area (Å²) in [4.78, 5) is 41.8. The number of rotatable bonds is 17. The third-order valence-corrected chi connectivity index (χ3v) is 9.97. The van der Waals surface area contributed by atoms with E-state index in [1.807, 2.05) is 0 Å². The van der Waals surface area contributed by atoms with Crippen LogP contribution in [-0.2, 0) is 30.1 Å². The Kier molecular flexibility index (Phi) is 12.4. The van der Waals surface area contributed by atoms with Crippen molar-refractivity contribution in [2.75, 3.05) is 36.0 Å². The van der Waals surface area contributed by atoms with E-state index in [1.54, 1.807) is 62.0 Å². The summed E-state index contributed by atoms with van der Waals surface area (Å²) >= 11 is 1.32. The number of nitrogens with one attached hydrogen (secondary N) is 3. The van der Waals surface area contributed by atoms with Crippen molar-refractivity contribution in [1.29, 1.82) is 0 Å². The average Bonchev–Trinajstić information content (AvgIpc) is 3.73. The molecule has 4 aromatic rings. The highest BCUT2D eigenvalue weighted by Gasteiger charge is 2.32. The fourth-order valence-corrected chi connectivity index (χ4v) is 7.51. The van der Waals surface area contributed by atoms with Crippen LogP contribution in [0.4, 0.5) is 16.0 Å². The second-order valence-corrected chi connectivity index (χ2v) is 14.7. The van der Waals surface area contributed by atoms with Crippen molar-refractivity contribution >= 4 is 48.1 Å². The van der Waals surface area contributed by atoms with Crippen molar-refractivity contribution in [3.05, 3.63) is 65.5 Å². The van der Waals surface area contributed by atoms with Crippen LogP contribution in [0.1, 0.15) is 33.9 Å². The van der Waals surface area contributed by atoms with E-state index in [-0.39, 0.29) is 38.1 Å². The summed E-state index contributed by atoms with van der Waals surface area (Å²) in [5.41, 5.74) is -0.317. The van der Waals surface area contributed by atoms with E-state index in [0.29, 0.717) is 28.5 Å². The molecule has 0 aliphatic carbocycles. The zero-order chi connectivity index (χ0) is 35.8. The molecule has 3 aromatic heterocycles. The predicted molar refractivity (Wildman–Crippen MR) is 183 cm³/mol. The lowest BCUT2D eigenvalue weighted by Gasteiger charge is -2.25. The maximum atomic E-state index is 14.8. The van der Waals surface area contributed by atoms with Gasteiger partial charge in [0.2, 0.25) is 0 Å². The number of halogens is 1. The summed E-state index contributed by atoms with van der Waals surface area (Å²) < 4.78 is 54.1. The number of carbonyl (C=O) groups excluding carboxylic acids is 1. The van der Waals surface area contributed by atoms with E-state index in [9.17, 15) is 23.7 Å². The molecule has 1 aromatic carbocycles. The number of hydrogen-bond donors (Lipinski definition) is 4. The van der Waals surface area contributed by atoms with Gasteiger partial charge in [-0.25, -0.2) is 29.2 Å². The Bertz CT molecular complexity index is 1870. The van der Waals surface area contributed by atoms with Gasteiger partial charge in [0.25, 0.3) is 0 Å². The van der Waals surface area contributed by atoms with Crippen LogP contribution in [-0.4, -0.2) is 89.2 Å². The van der Waals surface area contributed by atoms with E-state index < -0.39 is 48.8 Å². The van der Waals surface area contributed by atoms with Gasteiger partial charge in [0.05, 0.1) is 44.6 Å². The third-order valence-electron chi connectivity index (χ3n) is 7.09. The number of para-hydroxylation sites is 1. The minimum Gasteiger partial charge on any atom is -0.462 e. The summed E-state index contributed by atoms with van der Waals surface area (Å²) in [5, 5.41) is 17.8. The van der Waals surface area contributed by atoms with Crippen molar-refractivity contribution in [2.45, 2.75) is 64.2 Å². The van der Waals surface area contributed by atoms with Crippen LogP contribution in [0.5, 0.6) is 5.75 Å². The first kappa shape index (κ1) is 37.1. The zero-order valence-electron chi connectivity index (χ0n) is 27.8. The molecule has 4 heterocycles. The van der Waals surface area contributed by atoms with Crippen molar-refractivity contribution in [1.82, 2.24) is 34.2 Å². The first-order valence-electron chi connectivity index (χ1n) is 15.7. The highest BCUT2D eigenvalue weighted by molar-refractivity contribution is 8.00. The lowest BCUT2D eigenvalue weighted by Crippen LogP contribution is -2.37. The first-order chi connectivity index (χ1) is 23.9. The summed E-state index contributed by atoms with van der Waals surface area (Å²) in [7, 11) is -3.76. The molecule has 1 saturated heterocycles. The molecule has 0 saturated carbocycles. The van der Waals surface area contributed by atoms with Crippen LogP contribution in [0.3, 0.4) is 0 Å². The monoisotopic (exact) mass is 735 g/mol. The van der Waals surface area contributed by atoms with Gasteiger partial charge in [-0.3, -0.25) is 13.9 Å².